The molecule has 0 saturated heterocycles. The minimum Gasteiger partial charge on any atom is -0.462 e. The van der Waals surface area contributed by atoms with Gasteiger partial charge in [-0.2, -0.15) is 0 Å². The van der Waals surface area contributed by atoms with Crippen molar-refractivity contribution in [3.8, 4) is 0 Å². The van der Waals surface area contributed by atoms with E-state index in [0.29, 0.717) is 31.6 Å². The van der Waals surface area contributed by atoms with E-state index in [9.17, 15) is 43.2 Å². The Kier molecular flexibility index (Phi) is 69.6. The van der Waals surface area contributed by atoms with Crippen molar-refractivity contribution >= 4 is 39.5 Å². The molecule has 17 nitrogen and oxygen atoms in total. The second kappa shape index (κ2) is 71.0. The van der Waals surface area contributed by atoms with Crippen LogP contribution in [0.2, 0.25) is 0 Å². The molecule has 600 valence electrons. The average Bonchev–Trinajstić information content (AvgIpc) is 0.962. The highest BCUT2D eigenvalue weighted by molar-refractivity contribution is 7.47. The van der Waals surface area contributed by atoms with E-state index >= 15 is 0 Å². The zero-order valence-corrected chi connectivity index (χ0v) is 68.3. The Morgan fingerprint density at radius 1 is 0.277 bits per heavy atom. The van der Waals surface area contributed by atoms with E-state index in [1.165, 1.54) is 218 Å². The monoisotopic (exact) mass is 1480 g/mol. The Labute approximate surface area is 619 Å². The molecule has 0 amide bonds. The predicted octanol–water partition coefficient (Wildman–Crippen LogP) is 24.4. The third kappa shape index (κ3) is 74.7. The van der Waals surface area contributed by atoms with Gasteiger partial charge in [-0.25, -0.2) is 9.13 Å². The summed E-state index contributed by atoms with van der Waals surface area (Å²) in [6, 6.07) is 0. The molecule has 0 aromatic rings. The number of ether oxygens (including phenoxy) is 4. The van der Waals surface area contributed by atoms with Crippen LogP contribution >= 0.6 is 15.6 Å². The molecule has 0 aliphatic heterocycles. The van der Waals surface area contributed by atoms with Gasteiger partial charge in [0.1, 0.15) is 19.3 Å². The minimum atomic E-state index is -4.96. The fourth-order valence-corrected chi connectivity index (χ4v) is 14.2. The van der Waals surface area contributed by atoms with E-state index < -0.39 is 97.5 Å². The van der Waals surface area contributed by atoms with E-state index in [1.807, 2.05) is 0 Å². The topological polar surface area (TPSA) is 237 Å². The first-order valence-corrected chi connectivity index (χ1v) is 45.2. The first-order valence-electron chi connectivity index (χ1n) is 42.2. The number of carbonyl (C=O) groups excluding carboxylic acids is 4. The molecule has 0 aromatic carbocycles. The van der Waals surface area contributed by atoms with Gasteiger partial charge in [0, 0.05) is 25.7 Å². The molecule has 0 spiro atoms. The molecular formula is C82H160O17P2. The molecule has 19 heteroatoms. The summed E-state index contributed by atoms with van der Waals surface area (Å²) < 4.78 is 68.7. The van der Waals surface area contributed by atoms with Gasteiger partial charge in [0.05, 0.1) is 26.4 Å². The lowest BCUT2D eigenvalue weighted by atomic mass is 9.99. The molecule has 0 fully saturated rings. The molecule has 0 radical (unpaired) electrons. The molecule has 3 N–H and O–H groups in total. The molecule has 0 heterocycles. The van der Waals surface area contributed by atoms with E-state index in [0.717, 1.165) is 114 Å². The van der Waals surface area contributed by atoms with Crippen molar-refractivity contribution < 1.29 is 80.2 Å². The maximum absolute atomic E-state index is 13.1. The van der Waals surface area contributed by atoms with Crippen LogP contribution in [0.1, 0.15) is 421 Å². The van der Waals surface area contributed by atoms with E-state index in [-0.39, 0.29) is 25.7 Å². The van der Waals surface area contributed by atoms with E-state index in [1.54, 1.807) is 0 Å². The molecule has 101 heavy (non-hydrogen) atoms. The van der Waals surface area contributed by atoms with Crippen molar-refractivity contribution in [2.45, 2.75) is 440 Å². The SMILES string of the molecule is CCC(C)CCCCCCCCCCCCCCCCCCCCC(=O)OC[C@H](COP(=O)(O)OC[C@@H](O)COP(=O)(O)OC[C@@H](COC(=O)CCCCCCCCC(C)C)OC(=O)CCCCCCCCCCCCC(C)C)OC(=O)CCCCCCCCCCCCCCCCC(C)C. The van der Waals surface area contributed by atoms with Crippen molar-refractivity contribution in [3.05, 3.63) is 0 Å². The molecular weight excluding hydrogens is 1320 g/mol. The van der Waals surface area contributed by atoms with Crippen LogP contribution < -0.4 is 0 Å². The summed E-state index contributed by atoms with van der Waals surface area (Å²) in [5.41, 5.74) is 0. The summed E-state index contributed by atoms with van der Waals surface area (Å²) in [6.45, 7) is 14.2. The van der Waals surface area contributed by atoms with Crippen LogP contribution in [0.3, 0.4) is 0 Å². The first kappa shape index (κ1) is 99.1. The van der Waals surface area contributed by atoms with Gasteiger partial charge in [-0.05, 0) is 49.4 Å². The predicted molar refractivity (Wildman–Crippen MR) is 414 cm³/mol. The minimum absolute atomic E-state index is 0.105. The van der Waals surface area contributed by atoms with Crippen LogP contribution in [-0.4, -0.2) is 96.7 Å². The lowest BCUT2D eigenvalue weighted by molar-refractivity contribution is -0.161. The van der Waals surface area contributed by atoms with Crippen molar-refractivity contribution in [2.75, 3.05) is 39.6 Å². The number of unbranched alkanes of at least 4 members (excludes halogenated alkanes) is 44. The van der Waals surface area contributed by atoms with Crippen molar-refractivity contribution in [1.29, 1.82) is 0 Å². The highest BCUT2D eigenvalue weighted by Crippen LogP contribution is 2.45. The molecule has 0 aliphatic rings. The zero-order chi connectivity index (χ0) is 74.6. The number of esters is 4. The molecule has 3 unspecified atom stereocenters. The maximum Gasteiger partial charge on any atom is 0.472 e. The van der Waals surface area contributed by atoms with Crippen LogP contribution in [-0.2, 0) is 65.4 Å². The lowest BCUT2D eigenvalue weighted by Crippen LogP contribution is -2.30. The largest absolute Gasteiger partial charge is 0.472 e. The van der Waals surface area contributed by atoms with E-state index in [4.69, 9.17) is 37.0 Å². The van der Waals surface area contributed by atoms with Crippen LogP contribution in [0.15, 0.2) is 0 Å². The molecule has 0 saturated carbocycles. The number of rotatable bonds is 79. The van der Waals surface area contributed by atoms with Gasteiger partial charge in [-0.1, -0.05) is 370 Å². The van der Waals surface area contributed by atoms with Gasteiger partial charge < -0.3 is 33.8 Å². The Hall–Kier alpha value is -1.94. The number of aliphatic hydroxyl groups is 1. The van der Waals surface area contributed by atoms with Crippen LogP contribution in [0.5, 0.6) is 0 Å². The summed E-state index contributed by atoms with van der Waals surface area (Å²) in [7, 11) is -9.92. The first-order chi connectivity index (χ1) is 48.6. The number of hydrogen-bond donors (Lipinski definition) is 3. The number of aliphatic hydroxyl groups excluding tert-OH is 1. The Bertz CT molecular complexity index is 1970. The second-order valence-corrected chi connectivity index (χ2v) is 34.1. The fourth-order valence-electron chi connectivity index (χ4n) is 12.6. The van der Waals surface area contributed by atoms with Gasteiger partial charge in [0.2, 0.25) is 0 Å². The Morgan fingerprint density at radius 2 is 0.475 bits per heavy atom. The third-order valence-electron chi connectivity index (χ3n) is 19.4. The summed E-state index contributed by atoms with van der Waals surface area (Å²) >= 11 is 0. The number of carbonyl (C=O) groups is 4. The van der Waals surface area contributed by atoms with Crippen molar-refractivity contribution in [2.24, 2.45) is 23.7 Å². The normalized spacial score (nSPS) is 14.3. The summed E-state index contributed by atoms with van der Waals surface area (Å²) in [5, 5.41) is 10.6. The summed E-state index contributed by atoms with van der Waals surface area (Å²) in [4.78, 5) is 73.0. The van der Waals surface area contributed by atoms with E-state index in [2.05, 4.69) is 55.4 Å². The molecule has 6 atom stereocenters. The lowest BCUT2D eigenvalue weighted by Gasteiger charge is -2.21. The molecule has 0 bridgehead atoms. The Morgan fingerprint density at radius 3 is 0.703 bits per heavy atom. The van der Waals surface area contributed by atoms with Crippen LogP contribution in [0.25, 0.3) is 0 Å². The van der Waals surface area contributed by atoms with Gasteiger partial charge in [-0.15, -0.1) is 0 Å². The van der Waals surface area contributed by atoms with Crippen molar-refractivity contribution in [1.82, 2.24) is 0 Å². The van der Waals surface area contributed by atoms with Crippen LogP contribution in [0.4, 0.5) is 0 Å². The van der Waals surface area contributed by atoms with Gasteiger partial charge >= 0.3 is 39.5 Å². The summed E-state index contributed by atoms with van der Waals surface area (Å²) in [6.07, 6.45) is 58.5. The van der Waals surface area contributed by atoms with Crippen molar-refractivity contribution in [3.63, 3.8) is 0 Å². The average molecular weight is 1480 g/mol. The molecule has 0 rings (SSSR count). The third-order valence-corrected chi connectivity index (χ3v) is 21.3. The van der Waals surface area contributed by atoms with Crippen LogP contribution in [0, 0.1) is 23.7 Å². The number of phosphoric ester groups is 2. The number of phosphoric acid groups is 2. The fraction of sp³-hybridized carbons (Fsp3) is 0.951. The van der Waals surface area contributed by atoms with Gasteiger partial charge in [0.25, 0.3) is 0 Å². The highest BCUT2D eigenvalue weighted by Gasteiger charge is 2.30. The highest BCUT2D eigenvalue weighted by atomic mass is 31.2. The Balaban J connectivity index is 5.19. The molecule has 0 aromatic heterocycles. The standard InChI is InChI=1S/C82H160O17P2/c1-9-75(8)61-53-45-36-30-23-19-14-12-10-11-13-15-20-24-31-37-46-54-62-79(84)92-68-77(98-81(86)64-56-48-38-32-25-21-17-16-18-22-28-34-42-50-58-72(2)3)70-96-100(88,89)94-66-76(83)67-95-101(90,91)97-71-78(69-93-80(85)63-55-47-41-40-44-52-60-74(6)7)99-82(87)65-57-49-39-33-27-26-29-35-43-51-59-73(4)5/h72-78,83H,9-71H2,1-8H3,(H,88,89)(H,90,91)/t75?,76-,77-,78-/m1/s1. The smallest absolute Gasteiger partial charge is 0.462 e. The van der Waals surface area contributed by atoms with Gasteiger partial charge in [0.15, 0.2) is 12.2 Å². The molecule has 0 aliphatic carbocycles. The quantitative estimate of drug-likeness (QED) is 0.0222. The van der Waals surface area contributed by atoms with Gasteiger partial charge in [-0.3, -0.25) is 37.3 Å². The number of hydrogen-bond acceptors (Lipinski definition) is 15. The zero-order valence-electron chi connectivity index (χ0n) is 66.5. The maximum atomic E-state index is 13.1. The second-order valence-electron chi connectivity index (χ2n) is 31.2. The summed E-state index contributed by atoms with van der Waals surface area (Å²) in [5.74, 6) is 0.984.